The molecule has 0 unspecified atom stereocenters. The van der Waals surface area contributed by atoms with Crippen LogP contribution in [0.3, 0.4) is 0 Å². The highest BCUT2D eigenvalue weighted by Crippen LogP contribution is 2.23. The lowest BCUT2D eigenvalue weighted by Gasteiger charge is -2.30. The van der Waals surface area contributed by atoms with Crippen LogP contribution in [0.4, 0.5) is 0 Å². The van der Waals surface area contributed by atoms with Crippen LogP contribution >= 0.6 is 0 Å². The molecule has 0 saturated heterocycles. The number of amides is 1. The van der Waals surface area contributed by atoms with E-state index in [9.17, 15) is 24.3 Å². The lowest BCUT2D eigenvalue weighted by Crippen LogP contribution is -2.43. The third-order valence-corrected chi connectivity index (χ3v) is 4.37. The van der Waals surface area contributed by atoms with Gasteiger partial charge in [-0.3, -0.25) is 19.2 Å². The van der Waals surface area contributed by atoms with Crippen molar-refractivity contribution in [1.29, 1.82) is 0 Å². The Kier molecular flexibility index (Phi) is 14.9. The molecular weight excluding hydrogens is 498 g/mol. The molecular formula is C23H35NO13. The van der Waals surface area contributed by atoms with E-state index in [0.29, 0.717) is 0 Å². The van der Waals surface area contributed by atoms with E-state index in [1.54, 1.807) is 0 Å². The second-order valence-electron chi connectivity index (χ2n) is 7.74. The Morgan fingerprint density at radius 2 is 1.65 bits per heavy atom. The molecule has 210 valence electrons. The van der Waals surface area contributed by atoms with Crippen molar-refractivity contribution in [3.05, 3.63) is 23.9 Å². The zero-order valence-electron chi connectivity index (χ0n) is 21.3. The van der Waals surface area contributed by atoms with Crippen molar-refractivity contribution in [1.82, 2.24) is 5.32 Å². The SMILES string of the molecule is CC(=O)N[C@H]1C(OCCOCCOC[C@H](O)CO)=CO[C@H](COC(C)=O)[C@H](OC(C)=O)C=C1OC(C)=O. The van der Waals surface area contributed by atoms with E-state index >= 15 is 0 Å². The van der Waals surface area contributed by atoms with Gasteiger partial charge in [0.2, 0.25) is 5.91 Å². The Morgan fingerprint density at radius 1 is 0.973 bits per heavy atom. The van der Waals surface area contributed by atoms with E-state index in [0.717, 1.165) is 20.1 Å². The number of aliphatic hydroxyl groups excluding tert-OH is 2. The number of hydrogen-bond donors (Lipinski definition) is 3. The monoisotopic (exact) mass is 533 g/mol. The molecule has 0 saturated carbocycles. The van der Waals surface area contributed by atoms with Gasteiger partial charge in [0.1, 0.15) is 37.4 Å². The summed E-state index contributed by atoms with van der Waals surface area (Å²) < 4.78 is 37.5. The van der Waals surface area contributed by atoms with E-state index in [-0.39, 0.29) is 51.2 Å². The van der Waals surface area contributed by atoms with Gasteiger partial charge in [-0.2, -0.15) is 0 Å². The highest BCUT2D eigenvalue weighted by molar-refractivity contribution is 5.74. The highest BCUT2D eigenvalue weighted by Gasteiger charge is 2.34. The quantitative estimate of drug-likeness (QED) is 0.133. The zero-order valence-corrected chi connectivity index (χ0v) is 21.3. The number of hydrogen-bond acceptors (Lipinski definition) is 13. The van der Waals surface area contributed by atoms with Crippen molar-refractivity contribution in [2.75, 3.05) is 46.2 Å². The fourth-order valence-electron chi connectivity index (χ4n) is 2.87. The Labute approximate surface area is 214 Å². The van der Waals surface area contributed by atoms with Gasteiger partial charge in [0.25, 0.3) is 0 Å². The molecule has 1 aliphatic heterocycles. The first-order valence-corrected chi connectivity index (χ1v) is 11.4. The van der Waals surface area contributed by atoms with Gasteiger partial charge in [-0.15, -0.1) is 0 Å². The summed E-state index contributed by atoms with van der Waals surface area (Å²) in [7, 11) is 0. The van der Waals surface area contributed by atoms with Crippen molar-refractivity contribution in [2.45, 2.75) is 52.0 Å². The first kappa shape index (κ1) is 31.8. The Balaban J connectivity index is 3.03. The van der Waals surface area contributed by atoms with Crippen molar-refractivity contribution >= 4 is 23.8 Å². The normalized spacial score (nSPS) is 20.1. The molecule has 1 amide bonds. The predicted octanol–water partition coefficient (Wildman–Crippen LogP) is -0.924. The van der Waals surface area contributed by atoms with Crippen LogP contribution in [0.25, 0.3) is 0 Å². The van der Waals surface area contributed by atoms with Crippen molar-refractivity contribution in [3.63, 3.8) is 0 Å². The lowest BCUT2D eigenvalue weighted by molar-refractivity contribution is -0.155. The fraction of sp³-hybridized carbons (Fsp3) is 0.652. The standard InChI is InChI=1S/C23H35NO13/c1-14(26)24-23-20(37-17(4)29)9-19(36-16(3)28)21(12-34-15(2)27)35-13-22(23)33-8-7-31-5-6-32-11-18(30)10-25/h9,13,18-19,21,23,25,30H,5-8,10-12H2,1-4H3,(H,24,26)/t18-,19-,21-,23-/m1/s1. The highest BCUT2D eigenvalue weighted by atomic mass is 16.6. The predicted molar refractivity (Wildman–Crippen MR) is 123 cm³/mol. The van der Waals surface area contributed by atoms with Gasteiger partial charge in [-0.05, 0) is 0 Å². The number of esters is 3. The summed E-state index contributed by atoms with van der Waals surface area (Å²) in [5, 5.41) is 20.5. The number of carbonyl (C=O) groups excluding carboxylic acids is 4. The second kappa shape index (κ2) is 17.3. The van der Waals surface area contributed by atoms with Crippen LogP contribution in [0.15, 0.2) is 23.9 Å². The van der Waals surface area contributed by atoms with E-state index in [2.05, 4.69) is 5.32 Å². The average Bonchev–Trinajstić information content (AvgIpc) is 2.80. The maximum atomic E-state index is 11.9. The van der Waals surface area contributed by atoms with Gasteiger partial charge in [-0.25, -0.2) is 0 Å². The van der Waals surface area contributed by atoms with Gasteiger partial charge in [0, 0.05) is 33.8 Å². The van der Waals surface area contributed by atoms with E-state index in [1.807, 2.05) is 0 Å². The fourth-order valence-corrected chi connectivity index (χ4v) is 2.87. The van der Waals surface area contributed by atoms with Crippen molar-refractivity contribution in [3.8, 4) is 0 Å². The molecule has 0 aliphatic carbocycles. The first-order valence-electron chi connectivity index (χ1n) is 11.4. The maximum absolute atomic E-state index is 11.9. The molecule has 0 spiro atoms. The van der Waals surface area contributed by atoms with Crippen LogP contribution < -0.4 is 5.32 Å². The molecule has 1 aliphatic rings. The number of rotatable bonds is 15. The van der Waals surface area contributed by atoms with Gasteiger partial charge < -0.3 is 48.7 Å². The van der Waals surface area contributed by atoms with Crippen LogP contribution in [0.5, 0.6) is 0 Å². The number of carbonyl (C=O) groups is 4. The topological polar surface area (TPSA) is 185 Å². The van der Waals surface area contributed by atoms with Gasteiger partial charge in [-0.1, -0.05) is 0 Å². The second-order valence-corrected chi connectivity index (χ2v) is 7.74. The van der Waals surface area contributed by atoms with E-state index < -0.39 is 54.8 Å². The minimum atomic E-state index is -1.15. The first-order chi connectivity index (χ1) is 17.5. The molecule has 37 heavy (non-hydrogen) atoms. The summed E-state index contributed by atoms with van der Waals surface area (Å²) in [6.45, 7) is 4.43. The third-order valence-electron chi connectivity index (χ3n) is 4.37. The molecule has 0 aromatic carbocycles. The summed E-state index contributed by atoms with van der Waals surface area (Å²) in [5.74, 6) is -2.55. The smallest absolute Gasteiger partial charge is 0.307 e. The molecule has 0 radical (unpaired) electrons. The molecule has 14 nitrogen and oxygen atoms in total. The number of aliphatic hydroxyl groups is 2. The Bertz CT molecular complexity index is 825. The molecule has 3 N–H and O–H groups in total. The number of ether oxygens (including phenoxy) is 7. The maximum Gasteiger partial charge on any atom is 0.307 e. The van der Waals surface area contributed by atoms with Crippen molar-refractivity contribution in [2.24, 2.45) is 0 Å². The van der Waals surface area contributed by atoms with Gasteiger partial charge in [0.05, 0.1) is 33.0 Å². The van der Waals surface area contributed by atoms with Crippen LogP contribution in [0, 0.1) is 0 Å². The molecule has 14 heteroatoms. The van der Waals surface area contributed by atoms with E-state index in [1.165, 1.54) is 19.9 Å². The van der Waals surface area contributed by atoms with E-state index in [4.69, 9.17) is 38.3 Å². The average molecular weight is 534 g/mol. The summed E-state index contributed by atoms with van der Waals surface area (Å²) >= 11 is 0. The van der Waals surface area contributed by atoms with Crippen LogP contribution in [0.2, 0.25) is 0 Å². The molecule has 1 heterocycles. The molecule has 4 atom stereocenters. The molecule has 0 bridgehead atoms. The molecule has 1 rings (SSSR count). The largest absolute Gasteiger partial charge is 0.490 e. The lowest BCUT2D eigenvalue weighted by atomic mass is 10.1. The summed E-state index contributed by atoms with van der Waals surface area (Å²) in [5.41, 5.74) is 0. The Morgan fingerprint density at radius 3 is 2.24 bits per heavy atom. The molecule has 0 aromatic rings. The van der Waals surface area contributed by atoms with Gasteiger partial charge >= 0.3 is 17.9 Å². The van der Waals surface area contributed by atoms with Crippen molar-refractivity contribution < 1.29 is 62.5 Å². The minimum absolute atomic E-state index is 0.0140. The van der Waals surface area contributed by atoms with Crippen LogP contribution in [0.1, 0.15) is 27.7 Å². The molecule has 0 fully saturated rings. The summed E-state index contributed by atoms with van der Waals surface area (Å²) in [6.07, 6.45) is -0.736. The van der Waals surface area contributed by atoms with Crippen LogP contribution in [-0.2, 0) is 52.3 Å². The summed E-state index contributed by atoms with van der Waals surface area (Å²) in [6, 6.07) is -1.13. The summed E-state index contributed by atoms with van der Waals surface area (Å²) in [4.78, 5) is 46.7. The Hall–Kier alpha value is -3.20. The van der Waals surface area contributed by atoms with Gasteiger partial charge in [0.15, 0.2) is 18.0 Å². The minimum Gasteiger partial charge on any atom is -0.490 e. The van der Waals surface area contributed by atoms with Crippen LogP contribution in [-0.4, -0.2) is 105 Å². The third kappa shape index (κ3) is 13.6. The zero-order chi connectivity index (χ0) is 27.8. The molecule has 0 aromatic heterocycles. The number of nitrogens with one attached hydrogen (secondary N) is 1.